The monoisotopic (exact) mass is 442 g/mol. The smallest absolute Gasteiger partial charge is 0.259 e. The van der Waals surface area contributed by atoms with Crippen LogP contribution in [0.1, 0.15) is 32.8 Å². The van der Waals surface area contributed by atoms with E-state index >= 15 is 0 Å². The van der Waals surface area contributed by atoms with E-state index < -0.39 is 0 Å². The quantitative estimate of drug-likeness (QED) is 0.487. The topological polar surface area (TPSA) is 59.6 Å². The number of amides is 1. The van der Waals surface area contributed by atoms with Gasteiger partial charge in [-0.15, -0.1) is 11.3 Å². The molecule has 5 nitrogen and oxygen atoms in total. The summed E-state index contributed by atoms with van der Waals surface area (Å²) in [4.78, 5) is 14.6. The fourth-order valence-corrected chi connectivity index (χ4v) is 5.11. The average Bonchev–Trinajstić information content (AvgIpc) is 3.33. The lowest BCUT2D eigenvalue weighted by Gasteiger charge is -2.13. The zero-order valence-corrected chi connectivity index (χ0v) is 18.5. The van der Waals surface area contributed by atoms with Gasteiger partial charge in [-0.2, -0.15) is 0 Å². The maximum atomic E-state index is 13.3. The van der Waals surface area contributed by atoms with Crippen LogP contribution < -0.4 is 20.1 Å². The summed E-state index contributed by atoms with van der Waals surface area (Å²) in [5.41, 5.74) is 3.56. The van der Waals surface area contributed by atoms with E-state index in [9.17, 15) is 4.79 Å². The second-order valence-electron chi connectivity index (χ2n) is 7.06. The number of thiophene rings is 1. The number of benzene rings is 2. The molecular weight excluding hydrogens is 420 g/mol. The van der Waals surface area contributed by atoms with Crippen molar-refractivity contribution in [3.63, 3.8) is 0 Å². The minimum atomic E-state index is -0.146. The molecule has 0 saturated heterocycles. The second kappa shape index (κ2) is 8.98. The van der Waals surface area contributed by atoms with E-state index in [2.05, 4.69) is 10.6 Å². The Morgan fingerprint density at radius 1 is 1.10 bits per heavy atom. The van der Waals surface area contributed by atoms with Gasteiger partial charge < -0.3 is 20.1 Å². The Morgan fingerprint density at radius 3 is 2.63 bits per heavy atom. The Hall–Kier alpha value is -2.70. The number of rotatable bonds is 7. The summed E-state index contributed by atoms with van der Waals surface area (Å²) in [6, 6.07) is 13.1. The van der Waals surface area contributed by atoms with Crippen molar-refractivity contribution >= 4 is 39.5 Å². The van der Waals surface area contributed by atoms with Gasteiger partial charge in [-0.1, -0.05) is 23.7 Å². The molecule has 1 heterocycles. The fourth-order valence-electron chi connectivity index (χ4n) is 3.66. The molecule has 3 aromatic rings. The van der Waals surface area contributed by atoms with Gasteiger partial charge in [0.05, 0.1) is 25.5 Å². The zero-order valence-electron chi connectivity index (χ0n) is 16.9. The number of hydrogen-bond donors (Lipinski definition) is 2. The van der Waals surface area contributed by atoms with Crippen LogP contribution in [0.5, 0.6) is 11.5 Å². The molecule has 0 unspecified atom stereocenters. The van der Waals surface area contributed by atoms with Gasteiger partial charge in [0.25, 0.3) is 5.91 Å². The molecule has 156 valence electrons. The molecule has 7 heteroatoms. The Morgan fingerprint density at radius 2 is 1.90 bits per heavy atom. The highest BCUT2D eigenvalue weighted by atomic mass is 35.5. The summed E-state index contributed by atoms with van der Waals surface area (Å²) in [5, 5.41) is 7.89. The molecule has 0 saturated carbocycles. The third-order valence-electron chi connectivity index (χ3n) is 5.17. The van der Waals surface area contributed by atoms with Gasteiger partial charge in [-0.3, -0.25) is 4.79 Å². The third kappa shape index (κ3) is 4.25. The first-order chi connectivity index (χ1) is 14.6. The number of hydrogen-bond acceptors (Lipinski definition) is 5. The van der Waals surface area contributed by atoms with Crippen LogP contribution in [0, 0.1) is 0 Å². The first-order valence-electron chi connectivity index (χ1n) is 9.75. The van der Waals surface area contributed by atoms with Crippen LogP contribution in [0.25, 0.3) is 0 Å². The third-order valence-corrected chi connectivity index (χ3v) is 6.65. The number of fused-ring (bicyclic) bond motifs is 1. The number of nitrogens with one attached hydrogen (secondary N) is 2. The van der Waals surface area contributed by atoms with Gasteiger partial charge in [0, 0.05) is 16.4 Å². The number of methoxy groups -OCH3 is 2. The highest BCUT2D eigenvalue weighted by Crippen LogP contribution is 2.40. The summed E-state index contributed by atoms with van der Waals surface area (Å²) in [7, 11) is 3.23. The lowest BCUT2D eigenvalue weighted by Crippen LogP contribution is -2.15. The highest BCUT2D eigenvalue weighted by Gasteiger charge is 2.27. The largest absolute Gasteiger partial charge is 0.497 e. The number of ether oxygens (including phenoxy) is 2. The average molecular weight is 443 g/mol. The predicted molar refractivity (Wildman–Crippen MR) is 123 cm³/mol. The van der Waals surface area contributed by atoms with E-state index in [-0.39, 0.29) is 5.91 Å². The van der Waals surface area contributed by atoms with Gasteiger partial charge >= 0.3 is 0 Å². The number of halogens is 1. The normalized spacial score (nSPS) is 12.4. The molecule has 0 aliphatic heterocycles. The van der Waals surface area contributed by atoms with Crippen LogP contribution in [-0.4, -0.2) is 20.1 Å². The van der Waals surface area contributed by atoms with Crippen molar-refractivity contribution in [2.24, 2.45) is 0 Å². The minimum absolute atomic E-state index is 0.146. The molecule has 1 aromatic heterocycles. The molecule has 1 aliphatic carbocycles. The lowest BCUT2D eigenvalue weighted by molar-refractivity contribution is 0.102. The number of carbonyl (C=O) groups is 1. The molecule has 0 fully saturated rings. The van der Waals surface area contributed by atoms with Crippen molar-refractivity contribution in [3.8, 4) is 11.5 Å². The molecule has 1 aliphatic rings. The molecule has 2 N–H and O–H groups in total. The number of carbonyl (C=O) groups excluding carboxylic acids is 1. The van der Waals surface area contributed by atoms with Gasteiger partial charge in [-0.25, -0.2) is 0 Å². The maximum Gasteiger partial charge on any atom is 0.259 e. The molecule has 0 radical (unpaired) electrons. The van der Waals surface area contributed by atoms with E-state index in [0.29, 0.717) is 23.0 Å². The van der Waals surface area contributed by atoms with Crippen molar-refractivity contribution in [3.05, 3.63) is 69.1 Å². The Bertz CT molecular complexity index is 1060. The summed E-state index contributed by atoms with van der Waals surface area (Å²) in [6.07, 6.45) is 3.02. The molecule has 4 rings (SSSR count). The van der Waals surface area contributed by atoms with E-state index in [1.54, 1.807) is 43.8 Å². The van der Waals surface area contributed by atoms with Crippen molar-refractivity contribution < 1.29 is 14.3 Å². The van der Waals surface area contributed by atoms with E-state index in [4.69, 9.17) is 21.1 Å². The van der Waals surface area contributed by atoms with Crippen molar-refractivity contribution in [2.45, 2.75) is 25.8 Å². The second-order valence-corrected chi connectivity index (χ2v) is 8.60. The van der Waals surface area contributed by atoms with Crippen molar-refractivity contribution in [1.29, 1.82) is 0 Å². The van der Waals surface area contributed by atoms with Crippen LogP contribution in [-0.2, 0) is 19.4 Å². The van der Waals surface area contributed by atoms with Crippen LogP contribution in [0.3, 0.4) is 0 Å². The summed E-state index contributed by atoms with van der Waals surface area (Å²) in [5.74, 6) is 1.25. The van der Waals surface area contributed by atoms with Gasteiger partial charge in [0.2, 0.25) is 0 Å². The maximum absolute atomic E-state index is 13.3. The SMILES string of the molecule is COc1ccc(CNc2sc3c(c2C(=O)Nc2cc(Cl)ccc2OC)CCC3)cc1. The molecule has 30 heavy (non-hydrogen) atoms. The molecule has 2 aromatic carbocycles. The number of anilines is 2. The van der Waals surface area contributed by atoms with E-state index in [1.807, 2.05) is 24.3 Å². The first kappa shape index (κ1) is 20.6. The molecule has 0 atom stereocenters. The van der Waals surface area contributed by atoms with Crippen LogP contribution >= 0.6 is 22.9 Å². The summed E-state index contributed by atoms with van der Waals surface area (Å²) >= 11 is 7.79. The highest BCUT2D eigenvalue weighted by molar-refractivity contribution is 7.16. The molecular formula is C23H23ClN2O3S. The van der Waals surface area contributed by atoms with Crippen LogP contribution in [0.2, 0.25) is 5.02 Å². The predicted octanol–water partition coefficient (Wildman–Crippen LogP) is 5.77. The van der Waals surface area contributed by atoms with Gasteiger partial charge in [0.1, 0.15) is 16.5 Å². The number of aryl methyl sites for hydroxylation is 1. The standard InChI is InChI=1S/C23H23ClN2O3S/c1-28-16-9-6-14(7-10-16)13-25-23-21(17-4-3-5-20(17)30-23)22(27)26-18-12-15(24)8-11-19(18)29-2/h6-12,25H,3-5,13H2,1-2H3,(H,26,27). The molecule has 1 amide bonds. The Balaban J connectivity index is 1.58. The van der Waals surface area contributed by atoms with Crippen LogP contribution in [0.4, 0.5) is 10.7 Å². The van der Waals surface area contributed by atoms with Crippen molar-refractivity contribution in [1.82, 2.24) is 0 Å². The van der Waals surface area contributed by atoms with Crippen molar-refractivity contribution in [2.75, 3.05) is 24.9 Å². The van der Waals surface area contributed by atoms with E-state index in [0.717, 1.165) is 46.7 Å². The summed E-state index contributed by atoms with van der Waals surface area (Å²) < 4.78 is 10.6. The minimum Gasteiger partial charge on any atom is -0.497 e. The van der Waals surface area contributed by atoms with Crippen LogP contribution in [0.15, 0.2) is 42.5 Å². The van der Waals surface area contributed by atoms with Gasteiger partial charge in [0.15, 0.2) is 0 Å². The zero-order chi connectivity index (χ0) is 21.1. The fraction of sp³-hybridized carbons (Fsp3) is 0.261. The first-order valence-corrected chi connectivity index (χ1v) is 10.9. The van der Waals surface area contributed by atoms with E-state index in [1.165, 1.54) is 4.88 Å². The van der Waals surface area contributed by atoms with Gasteiger partial charge in [-0.05, 0) is 60.7 Å². The summed E-state index contributed by atoms with van der Waals surface area (Å²) in [6.45, 7) is 0.629. The Kier molecular flexibility index (Phi) is 6.16. The lowest BCUT2D eigenvalue weighted by atomic mass is 10.1. The molecule has 0 spiro atoms. The Labute approximate surface area is 185 Å². The molecule has 0 bridgehead atoms.